The molecule has 0 aliphatic heterocycles. The van der Waals surface area contributed by atoms with Crippen molar-refractivity contribution in [1.29, 1.82) is 0 Å². The first-order chi connectivity index (χ1) is 12.0. The summed E-state index contributed by atoms with van der Waals surface area (Å²) >= 11 is 6.13. The Bertz CT molecular complexity index is 968. The fourth-order valence-corrected chi connectivity index (χ4v) is 2.52. The first-order valence-electron chi connectivity index (χ1n) is 7.58. The van der Waals surface area contributed by atoms with Gasteiger partial charge in [0.05, 0.1) is 5.69 Å². The maximum Gasteiger partial charge on any atom is 0.338 e. The number of anilines is 1. The number of esters is 1. The van der Waals surface area contributed by atoms with Crippen LogP contribution in [0.4, 0.5) is 5.69 Å². The summed E-state index contributed by atoms with van der Waals surface area (Å²) in [6.07, 6.45) is 0. The van der Waals surface area contributed by atoms with Gasteiger partial charge in [0.1, 0.15) is 11.5 Å². The molecule has 4 nitrogen and oxygen atoms in total. The van der Waals surface area contributed by atoms with Gasteiger partial charge in [0.2, 0.25) is 0 Å². The van der Waals surface area contributed by atoms with Crippen LogP contribution in [0.1, 0.15) is 6.92 Å². The first-order valence-corrected chi connectivity index (χ1v) is 7.96. The quantitative estimate of drug-likeness (QED) is 0.297. The topological polar surface area (TPSA) is 61.5 Å². The molecule has 0 bridgehead atoms. The van der Waals surface area contributed by atoms with Crippen LogP contribution in [0.5, 0.6) is 17.2 Å². The summed E-state index contributed by atoms with van der Waals surface area (Å²) in [5, 5.41) is 1.85. The molecule has 0 spiro atoms. The number of hydrogen-bond donors (Lipinski definition) is 1. The molecule has 3 rings (SSSR count). The molecule has 0 atom stereocenters. The van der Waals surface area contributed by atoms with E-state index in [1.165, 1.54) is 0 Å². The summed E-state index contributed by atoms with van der Waals surface area (Å²) in [4.78, 5) is 11.9. The lowest BCUT2D eigenvalue weighted by molar-refractivity contribution is -0.129. The normalized spacial score (nSPS) is 10.5. The minimum Gasteiger partial charge on any atom is -0.457 e. The lowest BCUT2D eigenvalue weighted by Gasteiger charge is -2.15. The van der Waals surface area contributed by atoms with E-state index in [-0.39, 0.29) is 17.0 Å². The van der Waals surface area contributed by atoms with E-state index < -0.39 is 5.97 Å². The van der Waals surface area contributed by atoms with Gasteiger partial charge < -0.3 is 15.2 Å². The zero-order valence-electron chi connectivity index (χ0n) is 13.6. The first kappa shape index (κ1) is 16.9. The standard InChI is InChI=1S/C20H16ClNO3/c1-12(2)20(23)25-19-15-9-8-13(21)10-16(15)18(11-17(19)22)24-14-6-4-3-5-7-14/h3-11H,1,22H2,2H3. The number of halogens is 1. The van der Waals surface area contributed by atoms with Crippen LogP contribution < -0.4 is 15.2 Å². The SMILES string of the molecule is C=C(C)C(=O)Oc1c(N)cc(Oc2ccccc2)c2cc(Cl)ccc12. The second-order valence-corrected chi connectivity index (χ2v) is 6.00. The van der Waals surface area contributed by atoms with Gasteiger partial charge in [-0.05, 0) is 37.3 Å². The fraction of sp³-hybridized carbons (Fsp3) is 0.0500. The lowest BCUT2D eigenvalue weighted by Crippen LogP contribution is -2.10. The Hall–Kier alpha value is -2.98. The van der Waals surface area contributed by atoms with Gasteiger partial charge in [-0.1, -0.05) is 36.4 Å². The van der Waals surface area contributed by atoms with E-state index in [4.69, 9.17) is 26.8 Å². The number of ether oxygens (including phenoxy) is 2. The van der Waals surface area contributed by atoms with E-state index in [9.17, 15) is 4.79 Å². The Morgan fingerprint density at radius 1 is 1.08 bits per heavy atom. The maximum atomic E-state index is 11.9. The highest BCUT2D eigenvalue weighted by molar-refractivity contribution is 6.31. The second-order valence-electron chi connectivity index (χ2n) is 5.57. The fourth-order valence-electron chi connectivity index (χ4n) is 2.35. The number of para-hydroxylation sites is 1. The summed E-state index contributed by atoms with van der Waals surface area (Å²) in [6.45, 7) is 5.16. The minimum absolute atomic E-state index is 0.264. The lowest BCUT2D eigenvalue weighted by atomic mass is 10.1. The molecule has 3 aromatic rings. The Morgan fingerprint density at radius 2 is 1.80 bits per heavy atom. The molecule has 126 valence electrons. The molecule has 0 heterocycles. The number of nitrogen functional groups attached to an aromatic ring is 1. The number of fused-ring (bicyclic) bond motifs is 1. The summed E-state index contributed by atoms with van der Waals surface area (Å²) < 4.78 is 11.3. The van der Waals surface area contributed by atoms with E-state index in [1.807, 2.05) is 30.3 Å². The molecule has 2 N–H and O–H groups in total. The highest BCUT2D eigenvalue weighted by atomic mass is 35.5. The smallest absolute Gasteiger partial charge is 0.338 e. The van der Waals surface area contributed by atoms with E-state index in [1.54, 1.807) is 31.2 Å². The molecule has 0 radical (unpaired) electrons. The molecule has 0 saturated carbocycles. The molecular weight excluding hydrogens is 338 g/mol. The van der Waals surface area contributed by atoms with Crippen LogP contribution >= 0.6 is 11.6 Å². The van der Waals surface area contributed by atoms with Gasteiger partial charge in [-0.25, -0.2) is 4.79 Å². The average Bonchev–Trinajstić information content (AvgIpc) is 2.59. The average molecular weight is 354 g/mol. The number of nitrogens with two attached hydrogens (primary N) is 1. The molecule has 0 amide bonds. The zero-order valence-corrected chi connectivity index (χ0v) is 14.3. The molecule has 25 heavy (non-hydrogen) atoms. The van der Waals surface area contributed by atoms with Crippen LogP contribution in [0.2, 0.25) is 5.02 Å². The van der Waals surface area contributed by atoms with Crippen LogP contribution in [-0.4, -0.2) is 5.97 Å². The maximum absolute atomic E-state index is 11.9. The number of carbonyl (C=O) groups excluding carboxylic acids is 1. The predicted molar refractivity (Wildman–Crippen MR) is 100 cm³/mol. The Kier molecular flexibility index (Phi) is 4.63. The van der Waals surface area contributed by atoms with Gasteiger partial charge >= 0.3 is 5.97 Å². The van der Waals surface area contributed by atoms with Crippen molar-refractivity contribution in [1.82, 2.24) is 0 Å². The van der Waals surface area contributed by atoms with Crippen LogP contribution in [-0.2, 0) is 4.79 Å². The van der Waals surface area contributed by atoms with Gasteiger partial charge in [-0.15, -0.1) is 0 Å². The van der Waals surface area contributed by atoms with Crippen LogP contribution in [0, 0.1) is 0 Å². The van der Waals surface area contributed by atoms with E-state index >= 15 is 0 Å². The number of benzene rings is 3. The summed E-state index contributed by atoms with van der Waals surface area (Å²) in [5.41, 5.74) is 6.68. The Labute approximate surface area is 150 Å². The zero-order chi connectivity index (χ0) is 18.0. The molecule has 0 aromatic heterocycles. The van der Waals surface area contributed by atoms with E-state index in [2.05, 4.69) is 6.58 Å². The monoisotopic (exact) mass is 353 g/mol. The minimum atomic E-state index is -0.542. The van der Waals surface area contributed by atoms with E-state index in [0.717, 1.165) is 0 Å². The molecular formula is C20H16ClNO3. The van der Waals surface area contributed by atoms with Crippen molar-refractivity contribution in [2.24, 2.45) is 0 Å². The second kappa shape index (κ2) is 6.87. The summed E-state index contributed by atoms with van der Waals surface area (Å²) in [7, 11) is 0. The number of rotatable bonds is 4. The highest BCUT2D eigenvalue weighted by Crippen LogP contribution is 2.41. The highest BCUT2D eigenvalue weighted by Gasteiger charge is 2.17. The van der Waals surface area contributed by atoms with Gasteiger partial charge in [-0.2, -0.15) is 0 Å². The predicted octanol–water partition coefficient (Wildman–Crippen LogP) is 5.35. The van der Waals surface area contributed by atoms with Gasteiger partial charge in [-0.3, -0.25) is 0 Å². The van der Waals surface area contributed by atoms with Crippen LogP contribution in [0.15, 0.2) is 66.7 Å². The third-order valence-corrected chi connectivity index (χ3v) is 3.79. The van der Waals surface area contributed by atoms with Gasteiger partial charge in [0.15, 0.2) is 5.75 Å². The number of hydrogen-bond acceptors (Lipinski definition) is 4. The van der Waals surface area contributed by atoms with Crippen molar-refractivity contribution < 1.29 is 14.3 Å². The Balaban J connectivity index is 2.15. The largest absolute Gasteiger partial charge is 0.457 e. The molecule has 0 fully saturated rings. The van der Waals surface area contributed by atoms with Crippen molar-refractivity contribution in [2.75, 3.05) is 5.73 Å². The van der Waals surface area contributed by atoms with Crippen molar-refractivity contribution >= 4 is 34.0 Å². The molecule has 3 aromatic carbocycles. The van der Waals surface area contributed by atoms with E-state index in [0.29, 0.717) is 27.3 Å². The van der Waals surface area contributed by atoms with Crippen molar-refractivity contribution in [3.8, 4) is 17.2 Å². The Morgan fingerprint density at radius 3 is 2.48 bits per heavy atom. The molecule has 0 aliphatic rings. The molecule has 0 saturated heterocycles. The van der Waals surface area contributed by atoms with Crippen LogP contribution in [0.3, 0.4) is 0 Å². The molecule has 5 heteroatoms. The number of carbonyl (C=O) groups is 1. The summed E-state index contributed by atoms with van der Waals surface area (Å²) in [5.74, 6) is 0.908. The van der Waals surface area contributed by atoms with Crippen molar-refractivity contribution in [3.63, 3.8) is 0 Å². The van der Waals surface area contributed by atoms with Crippen LogP contribution in [0.25, 0.3) is 10.8 Å². The molecule has 0 aliphatic carbocycles. The van der Waals surface area contributed by atoms with Gasteiger partial charge in [0.25, 0.3) is 0 Å². The summed E-state index contributed by atoms with van der Waals surface area (Å²) in [6, 6.07) is 16.1. The van der Waals surface area contributed by atoms with Gasteiger partial charge in [0, 0.05) is 27.4 Å². The molecule has 0 unspecified atom stereocenters. The third-order valence-electron chi connectivity index (χ3n) is 3.55. The third kappa shape index (κ3) is 3.59. The van der Waals surface area contributed by atoms with Crippen molar-refractivity contribution in [3.05, 3.63) is 71.8 Å². The van der Waals surface area contributed by atoms with Crippen molar-refractivity contribution in [2.45, 2.75) is 6.92 Å².